The smallest absolute Gasteiger partial charge is 0.237 e. The van der Waals surface area contributed by atoms with Gasteiger partial charge in [-0.25, -0.2) is 8.42 Å². The van der Waals surface area contributed by atoms with Gasteiger partial charge in [0.25, 0.3) is 0 Å². The zero-order valence-corrected chi connectivity index (χ0v) is 12.3. The Hall–Kier alpha value is -0.660. The summed E-state index contributed by atoms with van der Waals surface area (Å²) in [6, 6.07) is 0.0369. The molecule has 1 atom stereocenters. The molecule has 6 nitrogen and oxygen atoms in total. The van der Waals surface area contributed by atoms with Crippen molar-refractivity contribution in [1.82, 2.24) is 14.5 Å². The van der Waals surface area contributed by atoms with E-state index in [0.29, 0.717) is 19.5 Å². The minimum absolute atomic E-state index is 0.00838. The molecule has 1 N–H and O–H groups in total. The molecule has 0 aliphatic carbocycles. The molecule has 0 aromatic rings. The van der Waals surface area contributed by atoms with E-state index in [4.69, 9.17) is 0 Å². The maximum Gasteiger partial charge on any atom is 0.237 e. The molecule has 110 valence electrons. The summed E-state index contributed by atoms with van der Waals surface area (Å²) in [5.41, 5.74) is 0. The van der Waals surface area contributed by atoms with Crippen molar-refractivity contribution in [3.63, 3.8) is 0 Å². The number of carbonyl (C=O) groups is 1. The second kappa shape index (κ2) is 6.19. The van der Waals surface area contributed by atoms with Gasteiger partial charge in [0.15, 0.2) is 0 Å². The average Bonchev–Trinajstić information content (AvgIpc) is 2.53. The molecular weight excluding hydrogens is 266 g/mol. The Bertz CT molecular complexity index is 418. The van der Waals surface area contributed by atoms with Crippen LogP contribution in [0.2, 0.25) is 0 Å². The van der Waals surface area contributed by atoms with Gasteiger partial charge in [-0.2, -0.15) is 4.31 Å². The highest BCUT2D eigenvalue weighted by Crippen LogP contribution is 2.14. The van der Waals surface area contributed by atoms with Gasteiger partial charge < -0.3 is 10.2 Å². The minimum atomic E-state index is -3.34. The van der Waals surface area contributed by atoms with Gasteiger partial charge >= 0.3 is 0 Å². The average molecular weight is 289 g/mol. The van der Waals surface area contributed by atoms with Crippen LogP contribution in [0.4, 0.5) is 0 Å². The summed E-state index contributed by atoms with van der Waals surface area (Å²) in [4.78, 5) is 13.4. The van der Waals surface area contributed by atoms with E-state index in [2.05, 4.69) is 5.32 Å². The monoisotopic (exact) mass is 289 g/mol. The Morgan fingerprint density at radius 2 is 2.05 bits per heavy atom. The lowest BCUT2D eigenvalue weighted by molar-refractivity contribution is -0.129. The van der Waals surface area contributed by atoms with Gasteiger partial charge in [-0.3, -0.25) is 4.79 Å². The predicted octanol–water partition coefficient (Wildman–Crippen LogP) is -0.378. The summed E-state index contributed by atoms with van der Waals surface area (Å²) < 4.78 is 26.1. The van der Waals surface area contributed by atoms with Crippen molar-refractivity contribution in [3.8, 4) is 0 Å². The largest absolute Gasteiger partial charge is 0.345 e. The molecule has 7 heteroatoms. The van der Waals surface area contributed by atoms with Gasteiger partial charge in [0.2, 0.25) is 15.9 Å². The van der Waals surface area contributed by atoms with Gasteiger partial charge in [0.1, 0.15) is 0 Å². The van der Waals surface area contributed by atoms with Gasteiger partial charge in [-0.1, -0.05) is 6.42 Å². The Morgan fingerprint density at radius 1 is 1.26 bits per heavy atom. The highest BCUT2D eigenvalue weighted by molar-refractivity contribution is 7.89. The maximum atomic E-state index is 12.4. The zero-order chi connectivity index (χ0) is 13.9. The Labute approximate surface area is 115 Å². The highest BCUT2D eigenvalue weighted by Gasteiger charge is 2.30. The van der Waals surface area contributed by atoms with E-state index in [1.165, 1.54) is 4.31 Å². The molecule has 0 spiro atoms. The minimum Gasteiger partial charge on any atom is -0.345 e. The third-order valence-corrected chi connectivity index (χ3v) is 5.78. The van der Waals surface area contributed by atoms with E-state index < -0.39 is 10.0 Å². The lowest BCUT2D eigenvalue weighted by Crippen LogP contribution is -2.45. The van der Waals surface area contributed by atoms with Crippen LogP contribution >= 0.6 is 0 Å². The fourth-order valence-corrected chi connectivity index (χ4v) is 4.34. The molecule has 2 aliphatic heterocycles. The van der Waals surface area contributed by atoms with Crippen LogP contribution in [0.15, 0.2) is 0 Å². The molecule has 2 saturated heterocycles. The first kappa shape index (κ1) is 14.7. The van der Waals surface area contributed by atoms with Crippen molar-refractivity contribution in [2.45, 2.75) is 31.7 Å². The van der Waals surface area contributed by atoms with Crippen molar-refractivity contribution >= 4 is 15.9 Å². The third-order valence-electron chi connectivity index (χ3n) is 3.86. The molecule has 0 aromatic heterocycles. The lowest BCUT2D eigenvalue weighted by atomic mass is 10.1. The van der Waals surface area contributed by atoms with Crippen molar-refractivity contribution in [3.05, 3.63) is 0 Å². The fraction of sp³-hybridized carbons (Fsp3) is 0.917. The predicted molar refractivity (Wildman–Crippen MR) is 73.3 cm³/mol. The van der Waals surface area contributed by atoms with Crippen LogP contribution in [0.3, 0.4) is 0 Å². The number of amides is 1. The first-order valence-corrected chi connectivity index (χ1v) is 8.55. The van der Waals surface area contributed by atoms with E-state index in [0.717, 1.165) is 25.8 Å². The number of hydrogen-bond acceptors (Lipinski definition) is 4. The number of nitrogens with zero attached hydrogens (tertiary/aromatic N) is 2. The van der Waals surface area contributed by atoms with E-state index in [-0.39, 0.29) is 24.2 Å². The van der Waals surface area contributed by atoms with Gasteiger partial charge in [-0.15, -0.1) is 0 Å². The Morgan fingerprint density at radius 3 is 2.74 bits per heavy atom. The second-order valence-corrected chi connectivity index (χ2v) is 7.44. The number of rotatable bonds is 3. The van der Waals surface area contributed by atoms with Crippen molar-refractivity contribution in [1.29, 1.82) is 0 Å². The zero-order valence-electron chi connectivity index (χ0n) is 11.5. The lowest BCUT2D eigenvalue weighted by Gasteiger charge is -2.26. The highest BCUT2D eigenvalue weighted by atomic mass is 32.2. The Kier molecular flexibility index (Phi) is 4.81. The van der Waals surface area contributed by atoms with Crippen molar-refractivity contribution in [2.75, 3.05) is 39.0 Å². The van der Waals surface area contributed by atoms with Gasteiger partial charge in [-0.05, 0) is 25.8 Å². The van der Waals surface area contributed by atoms with Crippen molar-refractivity contribution < 1.29 is 13.2 Å². The third kappa shape index (κ3) is 3.90. The number of hydrogen-bond donors (Lipinski definition) is 1. The van der Waals surface area contributed by atoms with Crippen LogP contribution in [0.1, 0.15) is 25.7 Å². The summed E-state index contributed by atoms with van der Waals surface area (Å²) in [5, 5.41) is 3.25. The normalized spacial score (nSPS) is 27.3. The first-order chi connectivity index (χ1) is 8.99. The number of carbonyl (C=O) groups excluding carboxylic acids is 1. The van der Waals surface area contributed by atoms with Crippen molar-refractivity contribution in [2.24, 2.45) is 0 Å². The van der Waals surface area contributed by atoms with E-state index >= 15 is 0 Å². The van der Waals surface area contributed by atoms with Crippen LogP contribution < -0.4 is 5.32 Å². The molecule has 1 amide bonds. The van der Waals surface area contributed by atoms with Crippen LogP contribution in [-0.4, -0.2) is 68.6 Å². The molecule has 1 unspecified atom stereocenters. The number of sulfonamides is 1. The fourth-order valence-electron chi connectivity index (χ4n) is 2.62. The SMILES string of the molecule is CN1CCCN(S(=O)(=O)CC2CCCCN2)CC1=O. The molecule has 2 heterocycles. The summed E-state index contributed by atoms with van der Waals surface area (Å²) in [6.45, 7) is 1.96. The van der Waals surface area contributed by atoms with Crippen LogP contribution in [-0.2, 0) is 14.8 Å². The summed E-state index contributed by atoms with van der Waals surface area (Å²) >= 11 is 0. The van der Waals surface area contributed by atoms with Crippen LogP contribution in [0.5, 0.6) is 0 Å². The summed E-state index contributed by atoms with van der Waals surface area (Å²) in [7, 11) is -1.62. The Balaban J connectivity index is 1.99. The standard InChI is InChI=1S/C12H23N3O3S/c1-14-7-4-8-15(9-12(14)16)19(17,18)10-11-5-2-3-6-13-11/h11,13H,2-10H2,1H3. The summed E-state index contributed by atoms with van der Waals surface area (Å²) in [5.74, 6) is 0.00181. The molecule has 2 rings (SSSR count). The van der Waals surface area contributed by atoms with Crippen LogP contribution in [0, 0.1) is 0 Å². The molecule has 0 bridgehead atoms. The molecule has 19 heavy (non-hydrogen) atoms. The number of likely N-dealkylation sites (N-methyl/N-ethyl adjacent to an activating group) is 1. The van der Waals surface area contributed by atoms with E-state index in [1.54, 1.807) is 11.9 Å². The summed E-state index contributed by atoms with van der Waals surface area (Å²) in [6.07, 6.45) is 3.80. The van der Waals surface area contributed by atoms with Crippen LogP contribution in [0.25, 0.3) is 0 Å². The molecular formula is C12H23N3O3S. The van der Waals surface area contributed by atoms with E-state index in [9.17, 15) is 13.2 Å². The quantitative estimate of drug-likeness (QED) is 0.769. The maximum absolute atomic E-state index is 12.4. The molecule has 2 aliphatic rings. The number of nitrogens with one attached hydrogen (secondary N) is 1. The topological polar surface area (TPSA) is 69.7 Å². The first-order valence-electron chi connectivity index (χ1n) is 6.94. The molecule has 2 fully saturated rings. The molecule has 0 aromatic carbocycles. The van der Waals surface area contributed by atoms with Gasteiger partial charge in [0.05, 0.1) is 12.3 Å². The molecule has 0 radical (unpaired) electrons. The van der Waals surface area contributed by atoms with E-state index in [1.807, 2.05) is 0 Å². The van der Waals surface area contributed by atoms with Gasteiger partial charge in [0, 0.05) is 26.2 Å². The second-order valence-electron chi connectivity index (χ2n) is 5.43. The number of piperidine rings is 1. The molecule has 0 saturated carbocycles.